The Morgan fingerprint density at radius 2 is 2.16 bits per heavy atom. The van der Waals surface area contributed by atoms with Gasteiger partial charge in [0.2, 0.25) is 0 Å². The second-order valence-corrected chi connectivity index (χ2v) is 5.71. The third-order valence-electron chi connectivity index (χ3n) is 4.29. The van der Waals surface area contributed by atoms with Crippen LogP contribution in [-0.2, 0) is 17.7 Å². The van der Waals surface area contributed by atoms with E-state index in [2.05, 4.69) is 6.07 Å². The van der Waals surface area contributed by atoms with E-state index in [1.54, 1.807) is 0 Å². The molecule has 0 amide bonds. The van der Waals surface area contributed by atoms with Gasteiger partial charge in [-0.05, 0) is 38.0 Å². The highest BCUT2D eigenvalue weighted by atomic mass is 16.5. The van der Waals surface area contributed by atoms with Crippen LogP contribution in [0.2, 0.25) is 0 Å². The van der Waals surface area contributed by atoms with Crippen LogP contribution in [0.15, 0.2) is 6.07 Å². The second kappa shape index (κ2) is 5.51. The van der Waals surface area contributed by atoms with Crippen molar-refractivity contribution in [2.45, 2.75) is 44.9 Å². The van der Waals surface area contributed by atoms with Gasteiger partial charge in [-0.25, -0.2) is 4.68 Å². The average molecular weight is 265 g/mol. The van der Waals surface area contributed by atoms with Crippen LogP contribution in [0, 0.1) is 5.92 Å². The molecule has 19 heavy (non-hydrogen) atoms. The van der Waals surface area contributed by atoms with Gasteiger partial charge in [0.15, 0.2) is 0 Å². The van der Waals surface area contributed by atoms with Crippen molar-refractivity contribution in [1.82, 2.24) is 9.78 Å². The van der Waals surface area contributed by atoms with Crippen molar-refractivity contribution in [3.8, 4) is 0 Å². The van der Waals surface area contributed by atoms with Gasteiger partial charge in [0.1, 0.15) is 12.0 Å². The molecule has 0 aromatic carbocycles. The van der Waals surface area contributed by atoms with E-state index in [1.807, 2.05) is 16.6 Å². The summed E-state index contributed by atoms with van der Waals surface area (Å²) in [5.74, 6) is 1.75. The predicted molar refractivity (Wildman–Crippen MR) is 73.1 cm³/mol. The topological polar surface area (TPSA) is 50.5 Å². The number of fused-ring (bicyclic) bond motifs is 1. The quantitative estimate of drug-likeness (QED) is 0.878. The molecule has 5 heteroatoms. The fourth-order valence-corrected chi connectivity index (χ4v) is 3.02. The highest BCUT2D eigenvalue weighted by Crippen LogP contribution is 2.26. The van der Waals surface area contributed by atoms with Crippen molar-refractivity contribution >= 4 is 5.82 Å². The van der Waals surface area contributed by atoms with Gasteiger partial charge in [0.25, 0.3) is 0 Å². The summed E-state index contributed by atoms with van der Waals surface area (Å²) in [7, 11) is 1.95. The summed E-state index contributed by atoms with van der Waals surface area (Å²) in [6, 6.07) is 2.14. The minimum absolute atomic E-state index is 0.381. The summed E-state index contributed by atoms with van der Waals surface area (Å²) in [5, 5.41) is 14.7. The van der Waals surface area contributed by atoms with E-state index >= 15 is 0 Å². The first kappa shape index (κ1) is 12.9. The zero-order chi connectivity index (χ0) is 13.2. The summed E-state index contributed by atoms with van der Waals surface area (Å²) in [6.45, 7) is 2.68. The predicted octanol–water partition coefficient (Wildman–Crippen LogP) is 1.40. The van der Waals surface area contributed by atoms with Gasteiger partial charge < -0.3 is 14.7 Å². The maximum atomic E-state index is 10.0. The summed E-state index contributed by atoms with van der Waals surface area (Å²) < 4.78 is 7.45. The van der Waals surface area contributed by atoms with Gasteiger partial charge >= 0.3 is 0 Å². The lowest BCUT2D eigenvalue weighted by atomic mass is 9.95. The molecule has 0 radical (unpaired) electrons. The Morgan fingerprint density at radius 3 is 2.95 bits per heavy atom. The highest BCUT2D eigenvalue weighted by molar-refractivity contribution is 5.41. The molecule has 3 rings (SSSR count). The van der Waals surface area contributed by atoms with Gasteiger partial charge in [-0.3, -0.25) is 0 Å². The van der Waals surface area contributed by atoms with Crippen molar-refractivity contribution in [2.75, 3.05) is 25.2 Å². The number of aromatic nitrogens is 2. The molecule has 0 saturated carbocycles. The lowest BCUT2D eigenvalue weighted by Crippen LogP contribution is -2.30. The number of aryl methyl sites for hydroxylation is 1. The van der Waals surface area contributed by atoms with Gasteiger partial charge in [0, 0.05) is 32.9 Å². The Balaban J connectivity index is 1.74. The number of aliphatic hydroxyl groups is 1. The van der Waals surface area contributed by atoms with Crippen LogP contribution in [0.3, 0.4) is 0 Å². The number of rotatable bonds is 2. The van der Waals surface area contributed by atoms with Crippen molar-refractivity contribution in [3.05, 3.63) is 11.8 Å². The molecule has 1 saturated heterocycles. The highest BCUT2D eigenvalue weighted by Gasteiger charge is 2.23. The van der Waals surface area contributed by atoms with Crippen molar-refractivity contribution in [1.29, 1.82) is 0 Å². The van der Waals surface area contributed by atoms with E-state index in [1.165, 1.54) is 0 Å². The number of nitrogens with zero attached hydrogens (tertiary/aromatic N) is 3. The first-order valence-corrected chi connectivity index (χ1v) is 7.29. The molecule has 1 aromatic rings. The maximum absolute atomic E-state index is 10.0. The Morgan fingerprint density at radius 1 is 1.37 bits per heavy atom. The van der Waals surface area contributed by atoms with E-state index in [9.17, 15) is 5.11 Å². The molecular formula is C14H23N3O2. The second-order valence-electron chi connectivity index (χ2n) is 5.71. The molecule has 106 valence electrons. The molecule has 0 bridgehead atoms. The van der Waals surface area contributed by atoms with E-state index in [0.29, 0.717) is 5.92 Å². The zero-order valence-electron chi connectivity index (χ0n) is 11.6. The minimum atomic E-state index is -0.381. The number of hydrogen-bond acceptors (Lipinski definition) is 4. The molecule has 1 fully saturated rings. The first-order chi connectivity index (χ1) is 9.24. The number of ether oxygens (including phenoxy) is 1. The largest absolute Gasteiger partial charge is 0.381 e. The minimum Gasteiger partial charge on any atom is -0.381 e. The van der Waals surface area contributed by atoms with Crippen LogP contribution in [0.1, 0.15) is 31.4 Å². The molecule has 5 nitrogen and oxygen atoms in total. The molecule has 2 aliphatic rings. The average Bonchev–Trinajstić information content (AvgIpc) is 2.76. The van der Waals surface area contributed by atoms with Crippen LogP contribution in [0.25, 0.3) is 0 Å². The molecule has 2 aliphatic heterocycles. The van der Waals surface area contributed by atoms with Gasteiger partial charge in [-0.1, -0.05) is 0 Å². The lowest BCUT2D eigenvalue weighted by molar-refractivity contribution is 0.0662. The smallest absolute Gasteiger partial charge is 0.128 e. The van der Waals surface area contributed by atoms with Crippen molar-refractivity contribution < 1.29 is 9.84 Å². The van der Waals surface area contributed by atoms with Crippen molar-refractivity contribution in [3.63, 3.8) is 0 Å². The number of anilines is 1. The zero-order valence-corrected chi connectivity index (χ0v) is 11.6. The SMILES string of the molecule is CN1c2cc(CC3CCOCC3)nn2CCCC1O. The van der Waals surface area contributed by atoms with Crippen LogP contribution in [0.4, 0.5) is 5.82 Å². The number of hydrogen-bond donors (Lipinski definition) is 1. The van der Waals surface area contributed by atoms with Crippen LogP contribution < -0.4 is 4.90 Å². The number of aliphatic hydroxyl groups excluding tert-OH is 1. The summed E-state index contributed by atoms with van der Waals surface area (Å²) in [5.41, 5.74) is 1.16. The fourth-order valence-electron chi connectivity index (χ4n) is 3.02. The summed E-state index contributed by atoms with van der Waals surface area (Å²) in [6.07, 6.45) is 4.73. The van der Waals surface area contributed by atoms with E-state index in [-0.39, 0.29) is 6.23 Å². The maximum Gasteiger partial charge on any atom is 0.128 e. The Labute approximate surface area is 114 Å². The Hall–Kier alpha value is -1.07. The molecule has 1 atom stereocenters. The van der Waals surface area contributed by atoms with Crippen LogP contribution in [0.5, 0.6) is 0 Å². The van der Waals surface area contributed by atoms with Crippen molar-refractivity contribution in [2.24, 2.45) is 5.92 Å². The molecular weight excluding hydrogens is 242 g/mol. The van der Waals surface area contributed by atoms with Gasteiger partial charge in [-0.15, -0.1) is 0 Å². The van der Waals surface area contributed by atoms with Crippen LogP contribution in [-0.4, -0.2) is 41.4 Å². The molecule has 1 N–H and O–H groups in total. The third kappa shape index (κ3) is 2.77. The molecule has 0 aliphatic carbocycles. The Kier molecular flexibility index (Phi) is 3.75. The monoisotopic (exact) mass is 265 g/mol. The first-order valence-electron chi connectivity index (χ1n) is 7.29. The normalized spacial score (nSPS) is 25.2. The van der Waals surface area contributed by atoms with E-state index in [4.69, 9.17) is 9.84 Å². The summed E-state index contributed by atoms with van der Waals surface area (Å²) in [4.78, 5) is 1.94. The molecule has 1 unspecified atom stereocenters. The fraction of sp³-hybridized carbons (Fsp3) is 0.786. The molecule has 3 heterocycles. The van der Waals surface area contributed by atoms with Crippen LogP contribution >= 0.6 is 0 Å². The van der Waals surface area contributed by atoms with E-state index < -0.39 is 0 Å². The van der Waals surface area contributed by atoms with Gasteiger partial charge in [-0.2, -0.15) is 5.10 Å². The molecule has 0 spiro atoms. The van der Waals surface area contributed by atoms with E-state index in [0.717, 1.165) is 63.4 Å². The lowest BCUT2D eigenvalue weighted by Gasteiger charge is -2.22. The standard InChI is InChI=1S/C14H23N3O2/c1-16-13-10-12(9-11-4-7-19-8-5-11)15-17(13)6-2-3-14(16)18/h10-11,14,18H,2-9H2,1H3. The van der Waals surface area contributed by atoms with Gasteiger partial charge in [0.05, 0.1) is 5.69 Å². The third-order valence-corrected chi connectivity index (χ3v) is 4.29. The Bertz CT molecular complexity index is 426. The molecule has 1 aromatic heterocycles. The summed E-state index contributed by atoms with van der Waals surface area (Å²) >= 11 is 0.